The molecular weight excluding hydrogens is 134 g/mol. The molecule has 0 aromatic rings. The molecule has 0 N–H and O–H groups in total. The third kappa shape index (κ3) is 5.59. The Balaban J connectivity index is 4.07. The number of aliphatic imine (C=N–C) groups is 1. The third-order valence-corrected chi connectivity index (χ3v) is 1.21. The average molecular weight is 151 g/mol. The molecule has 0 aliphatic carbocycles. The molecule has 0 saturated carbocycles. The first kappa shape index (κ1) is 10.2. The predicted molar refractivity (Wildman–Crippen MR) is 51.9 cm³/mol. The molecule has 0 saturated heterocycles. The molecule has 0 aromatic heterocycles. The highest BCUT2D eigenvalue weighted by Crippen LogP contribution is 2.02. The van der Waals surface area contributed by atoms with Gasteiger partial charge >= 0.3 is 0 Å². The summed E-state index contributed by atoms with van der Waals surface area (Å²) in [5.41, 5.74) is 1.09. The number of allylic oxidation sites excluding steroid dienone is 3. The highest BCUT2D eigenvalue weighted by molar-refractivity contribution is 5.61. The third-order valence-electron chi connectivity index (χ3n) is 1.21. The van der Waals surface area contributed by atoms with Crippen LogP contribution < -0.4 is 0 Å². The molecule has 0 radical (unpaired) electrons. The zero-order valence-electron chi connectivity index (χ0n) is 7.67. The van der Waals surface area contributed by atoms with Gasteiger partial charge in [-0.25, -0.2) is 0 Å². The first-order valence-electron chi connectivity index (χ1n) is 4.06. The maximum Gasteiger partial charge on any atom is 0.0396 e. The first-order valence-corrected chi connectivity index (χ1v) is 4.06. The van der Waals surface area contributed by atoms with Gasteiger partial charge in [0.2, 0.25) is 0 Å². The van der Waals surface area contributed by atoms with Crippen molar-refractivity contribution in [2.45, 2.75) is 27.2 Å². The summed E-state index contributed by atoms with van der Waals surface area (Å²) in [6.07, 6.45) is 6.64. The van der Waals surface area contributed by atoms with Crippen LogP contribution in [0.5, 0.6) is 0 Å². The molecule has 0 spiro atoms. The van der Waals surface area contributed by atoms with Crippen molar-refractivity contribution in [3.05, 3.63) is 24.4 Å². The number of rotatable bonds is 4. The Morgan fingerprint density at radius 1 is 1.55 bits per heavy atom. The minimum absolute atomic E-state index is 0.523. The van der Waals surface area contributed by atoms with E-state index in [0.29, 0.717) is 5.92 Å². The molecule has 0 unspecified atom stereocenters. The number of hydrogen-bond donors (Lipinski definition) is 0. The molecule has 0 aliphatic heterocycles. The van der Waals surface area contributed by atoms with Gasteiger partial charge in [0.05, 0.1) is 0 Å². The lowest BCUT2D eigenvalue weighted by Gasteiger charge is -1.96. The molecule has 62 valence electrons. The highest BCUT2D eigenvalue weighted by atomic mass is 14.7. The molecule has 1 nitrogen and oxygen atoms in total. The minimum Gasteiger partial charge on any atom is -0.265 e. The van der Waals surface area contributed by atoms with Crippen LogP contribution in [0, 0.1) is 5.92 Å². The van der Waals surface area contributed by atoms with Crippen LogP contribution in [0.3, 0.4) is 0 Å². The van der Waals surface area contributed by atoms with Gasteiger partial charge in [0.1, 0.15) is 0 Å². The maximum atomic E-state index is 4.30. The molecule has 1 heteroatoms. The molecule has 0 bridgehead atoms. The summed E-state index contributed by atoms with van der Waals surface area (Å²) >= 11 is 0. The molecule has 0 aliphatic rings. The van der Waals surface area contributed by atoms with Crippen molar-refractivity contribution >= 4 is 6.21 Å². The van der Waals surface area contributed by atoms with E-state index in [1.807, 2.05) is 12.3 Å². The lowest BCUT2D eigenvalue weighted by atomic mass is 10.2. The van der Waals surface area contributed by atoms with E-state index in [0.717, 1.165) is 12.1 Å². The van der Waals surface area contributed by atoms with Crippen molar-refractivity contribution < 1.29 is 0 Å². The van der Waals surface area contributed by atoms with Gasteiger partial charge < -0.3 is 0 Å². The Hall–Kier alpha value is -0.850. The molecule has 0 heterocycles. The molecule has 0 atom stereocenters. The maximum absolute atomic E-state index is 4.30. The average Bonchev–Trinajstić information content (AvgIpc) is 1.97. The van der Waals surface area contributed by atoms with Crippen LogP contribution in [-0.2, 0) is 0 Å². The van der Waals surface area contributed by atoms with Crippen molar-refractivity contribution in [1.29, 1.82) is 0 Å². The van der Waals surface area contributed by atoms with Crippen molar-refractivity contribution in [1.82, 2.24) is 0 Å². The van der Waals surface area contributed by atoms with Crippen molar-refractivity contribution in [3.63, 3.8) is 0 Å². The molecular formula is C10H17N. The van der Waals surface area contributed by atoms with Crippen LogP contribution in [0.1, 0.15) is 27.2 Å². The summed E-state index contributed by atoms with van der Waals surface area (Å²) in [4.78, 5) is 4.30. The summed E-state index contributed by atoms with van der Waals surface area (Å²) in [7, 11) is 0. The smallest absolute Gasteiger partial charge is 0.0396 e. The zero-order valence-corrected chi connectivity index (χ0v) is 7.67. The fraction of sp³-hybridized carbons (Fsp3) is 0.500. The van der Waals surface area contributed by atoms with Gasteiger partial charge in [-0.3, -0.25) is 4.99 Å². The van der Waals surface area contributed by atoms with E-state index in [2.05, 4.69) is 32.3 Å². The second-order valence-electron chi connectivity index (χ2n) is 2.77. The largest absolute Gasteiger partial charge is 0.265 e. The quantitative estimate of drug-likeness (QED) is 0.432. The fourth-order valence-electron chi connectivity index (χ4n) is 0.633. The predicted octanol–water partition coefficient (Wildman–Crippen LogP) is 3.19. The fourth-order valence-corrected chi connectivity index (χ4v) is 0.633. The van der Waals surface area contributed by atoms with E-state index < -0.39 is 0 Å². The SMILES string of the molecule is C=C/C=C(\CC)N=CC(C)C. The van der Waals surface area contributed by atoms with Crippen LogP contribution in [0.2, 0.25) is 0 Å². The van der Waals surface area contributed by atoms with E-state index in [1.165, 1.54) is 0 Å². The summed E-state index contributed by atoms with van der Waals surface area (Å²) in [5.74, 6) is 0.523. The highest BCUT2D eigenvalue weighted by Gasteiger charge is 1.88. The minimum atomic E-state index is 0.523. The van der Waals surface area contributed by atoms with E-state index in [1.54, 1.807) is 6.08 Å². The Morgan fingerprint density at radius 3 is 2.55 bits per heavy atom. The summed E-state index contributed by atoms with van der Waals surface area (Å²) in [5, 5.41) is 0. The zero-order chi connectivity index (χ0) is 8.69. The van der Waals surface area contributed by atoms with E-state index in [4.69, 9.17) is 0 Å². The van der Waals surface area contributed by atoms with Gasteiger partial charge in [0, 0.05) is 11.9 Å². The first-order chi connectivity index (χ1) is 5.20. The lowest BCUT2D eigenvalue weighted by Crippen LogP contribution is -1.87. The van der Waals surface area contributed by atoms with Crippen LogP contribution in [0.4, 0.5) is 0 Å². The van der Waals surface area contributed by atoms with Gasteiger partial charge in [-0.15, -0.1) is 0 Å². The summed E-state index contributed by atoms with van der Waals surface area (Å²) in [6.45, 7) is 9.95. The van der Waals surface area contributed by atoms with Crippen molar-refractivity contribution in [2.24, 2.45) is 10.9 Å². The van der Waals surface area contributed by atoms with Gasteiger partial charge in [-0.2, -0.15) is 0 Å². The van der Waals surface area contributed by atoms with E-state index in [9.17, 15) is 0 Å². The normalized spacial score (nSPS) is 12.9. The Morgan fingerprint density at radius 2 is 2.18 bits per heavy atom. The molecule has 0 rings (SSSR count). The van der Waals surface area contributed by atoms with Gasteiger partial charge in [-0.05, 0) is 18.4 Å². The summed E-state index contributed by atoms with van der Waals surface area (Å²) in [6, 6.07) is 0. The van der Waals surface area contributed by atoms with E-state index in [-0.39, 0.29) is 0 Å². The van der Waals surface area contributed by atoms with Crippen molar-refractivity contribution in [3.8, 4) is 0 Å². The van der Waals surface area contributed by atoms with Gasteiger partial charge in [-0.1, -0.05) is 33.4 Å². The van der Waals surface area contributed by atoms with Crippen LogP contribution >= 0.6 is 0 Å². The van der Waals surface area contributed by atoms with Gasteiger partial charge in [0.15, 0.2) is 0 Å². The Labute approximate surface area is 69.5 Å². The Bertz CT molecular complexity index is 164. The van der Waals surface area contributed by atoms with Crippen LogP contribution in [-0.4, -0.2) is 6.21 Å². The molecule has 0 aromatic carbocycles. The second-order valence-corrected chi connectivity index (χ2v) is 2.77. The topological polar surface area (TPSA) is 12.4 Å². The summed E-state index contributed by atoms with van der Waals surface area (Å²) < 4.78 is 0. The lowest BCUT2D eigenvalue weighted by molar-refractivity contribution is 0.900. The van der Waals surface area contributed by atoms with Crippen LogP contribution in [0.25, 0.3) is 0 Å². The standard InChI is InChI=1S/C10H17N/c1-5-7-10(6-2)11-8-9(3)4/h5,7-9H,1,6H2,2-4H3/b10-7+,11-8?. The monoisotopic (exact) mass is 151 g/mol. The van der Waals surface area contributed by atoms with E-state index >= 15 is 0 Å². The number of hydrogen-bond acceptors (Lipinski definition) is 1. The molecule has 0 fully saturated rings. The molecule has 11 heavy (non-hydrogen) atoms. The molecule has 0 amide bonds. The Kier molecular flexibility index (Phi) is 5.44. The second kappa shape index (κ2) is 5.90. The number of nitrogens with zero attached hydrogens (tertiary/aromatic N) is 1. The van der Waals surface area contributed by atoms with Gasteiger partial charge in [0.25, 0.3) is 0 Å². The van der Waals surface area contributed by atoms with Crippen molar-refractivity contribution in [2.75, 3.05) is 0 Å². The van der Waals surface area contributed by atoms with Crippen LogP contribution in [0.15, 0.2) is 29.4 Å².